The lowest BCUT2D eigenvalue weighted by Gasteiger charge is -2.04. The van der Waals surface area contributed by atoms with Crippen LogP contribution in [0.25, 0.3) is 0 Å². The quantitative estimate of drug-likeness (QED) is 0.509. The van der Waals surface area contributed by atoms with E-state index in [-0.39, 0.29) is 18.3 Å². The van der Waals surface area contributed by atoms with Crippen molar-refractivity contribution >= 4 is 33.5 Å². The zero-order valence-electron chi connectivity index (χ0n) is 11.7. The van der Waals surface area contributed by atoms with Crippen molar-refractivity contribution in [2.45, 2.75) is 27.2 Å². The average molecular weight is 341 g/mol. The molecule has 0 atom stereocenters. The first-order chi connectivity index (χ1) is 9.43. The van der Waals surface area contributed by atoms with Crippen LogP contribution in [0.4, 0.5) is 0 Å². The van der Waals surface area contributed by atoms with E-state index in [2.05, 4.69) is 26.5 Å². The third kappa shape index (κ3) is 5.13. The molecule has 1 aromatic rings. The summed E-state index contributed by atoms with van der Waals surface area (Å²) in [5.41, 5.74) is 4.44. The van der Waals surface area contributed by atoms with Gasteiger partial charge in [-0.05, 0) is 38.5 Å². The largest absolute Gasteiger partial charge is 0.466 e. The number of benzene rings is 1. The van der Waals surface area contributed by atoms with Gasteiger partial charge in [-0.25, -0.2) is 5.43 Å². The van der Waals surface area contributed by atoms with Gasteiger partial charge in [0.1, 0.15) is 0 Å². The van der Waals surface area contributed by atoms with Crippen molar-refractivity contribution < 1.29 is 14.3 Å². The summed E-state index contributed by atoms with van der Waals surface area (Å²) in [6.45, 7) is 5.66. The van der Waals surface area contributed by atoms with Crippen LogP contribution in [0.15, 0.2) is 27.8 Å². The monoisotopic (exact) mass is 340 g/mol. The predicted octanol–water partition coefficient (Wildman–Crippen LogP) is 2.82. The van der Waals surface area contributed by atoms with Gasteiger partial charge in [-0.2, -0.15) is 5.10 Å². The second kappa shape index (κ2) is 7.79. The second-order valence-corrected chi connectivity index (χ2v) is 5.09. The van der Waals surface area contributed by atoms with E-state index in [9.17, 15) is 9.59 Å². The Bertz CT molecular complexity index is 541. The predicted molar refractivity (Wildman–Crippen MR) is 80.7 cm³/mol. The molecule has 1 rings (SSSR count). The van der Waals surface area contributed by atoms with E-state index in [0.29, 0.717) is 17.9 Å². The molecule has 0 bridgehead atoms. The number of amides is 1. The van der Waals surface area contributed by atoms with Crippen LogP contribution in [0.3, 0.4) is 0 Å². The van der Waals surface area contributed by atoms with Gasteiger partial charge in [0.25, 0.3) is 5.91 Å². The number of esters is 1. The van der Waals surface area contributed by atoms with Crippen LogP contribution in [0, 0.1) is 6.92 Å². The maximum absolute atomic E-state index is 11.9. The summed E-state index contributed by atoms with van der Waals surface area (Å²) in [5, 5.41) is 3.88. The van der Waals surface area contributed by atoms with Gasteiger partial charge in [0.15, 0.2) is 0 Å². The number of ether oxygens (including phenoxy) is 1. The Morgan fingerprint density at radius 3 is 2.70 bits per heavy atom. The van der Waals surface area contributed by atoms with Crippen LogP contribution < -0.4 is 5.43 Å². The number of hydrazone groups is 1. The third-order valence-corrected chi connectivity index (χ3v) is 3.34. The molecule has 1 N–H and O–H groups in total. The molecule has 0 aliphatic carbocycles. The number of carbonyl (C=O) groups excluding carboxylic acids is 2. The first kappa shape index (κ1) is 16.4. The summed E-state index contributed by atoms with van der Waals surface area (Å²) >= 11 is 3.37. The molecule has 0 spiro atoms. The minimum atomic E-state index is -0.360. The molecule has 0 aliphatic rings. The number of nitrogens with one attached hydrogen (secondary N) is 1. The summed E-state index contributed by atoms with van der Waals surface area (Å²) in [6, 6.07) is 5.28. The van der Waals surface area contributed by atoms with E-state index >= 15 is 0 Å². The number of hydrogen-bond donors (Lipinski definition) is 1. The minimum Gasteiger partial charge on any atom is -0.466 e. The third-order valence-electron chi connectivity index (χ3n) is 2.49. The first-order valence-corrected chi connectivity index (χ1v) is 6.98. The van der Waals surface area contributed by atoms with Crippen LogP contribution in [0.2, 0.25) is 0 Å². The molecule has 1 amide bonds. The molecular formula is C14H17BrN2O3. The minimum absolute atomic E-state index is 0.0612. The Morgan fingerprint density at radius 1 is 1.40 bits per heavy atom. The molecule has 0 fully saturated rings. The molecule has 5 nitrogen and oxygen atoms in total. The van der Waals surface area contributed by atoms with Gasteiger partial charge in [-0.3, -0.25) is 9.59 Å². The number of rotatable bonds is 5. The molecule has 0 heterocycles. The number of nitrogens with zero attached hydrogens (tertiary/aromatic N) is 1. The highest BCUT2D eigenvalue weighted by Crippen LogP contribution is 2.17. The highest BCUT2D eigenvalue weighted by Gasteiger charge is 2.08. The van der Waals surface area contributed by atoms with Crippen LogP contribution in [-0.2, 0) is 9.53 Å². The van der Waals surface area contributed by atoms with Gasteiger partial charge >= 0.3 is 5.97 Å². The maximum Gasteiger partial charge on any atom is 0.311 e. The molecule has 0 aromatic heterocycles. The summed E-state index contributed by atoms with van der Waals surface area (Å²) < 4.78 is 5.65. The van der Waals surface area contributed by atoms with Crippen molar-refractivity contribution in [2.75, 3.05) is 6.61 Å². The molecule has 0 saturated heterocycles. The van der Waals surface area contributed by atoms with Gasteiger partial charge < -0.3 is 4.74 Å². The number of carbonyl (C=O) groups is 2. The van der Waals surface area contributed by atoms with Crippen molar-refractivity contribution in [1.82, 2.24) is 5.43 Å². The summed E-state index contributed by atoms with van der Waals surface area (Å²) in [4.78, 5) is 23.1. The Kier molecular flexibility index (Phi) is 6.38. The van der Waals surface area contributed by atoms with Crippen molar-refractivity contribution in [3.05, 3.63) is 33.8 Å². The zero-order valence-corrected chi connectivity index (χ0v) is 13.3. The van der Waals surface area contributed by atoms with E-state index in [1.807, 2.05) is 13.0 Å². The average Bonchev–Trinajstić information content (AvgIpc) is 2.39. The topological polar surface area (TPSA) is 67.8 Å². The van der Waals surface area contributed by atoms with E-state index < -0.39 is 0 Å². The molecule has 20 heavy (non-hydrogen) atoms. The maximum atomic E-state index is 11.9. The van der Waals surface area contributed by atoms with E-state index in [1.165, 1.54) is 0 Å². The molecular weight excluding hydrogens is 324 g/mol. The highest BCUT2D eigenvalue weighted by atomic mass is 79.9. The Labute approximate surface area is 126 Å². The number of halogens is 1. The number of hydrogen-bond acceptors (Lipinski definition) is 4. The van der Waals surface area contributed by atoms with Crippen molar-refractivity contribution in [2.24, 2.45) is 5.10 Å². The fourth-order valence-electron chi connectivity index (χ4n) is 1.41. The summed E-state index contributed by atoms with van der Waals surface area (Å²) in [5.74, 6) is -0.685. The fraction of sp³-hybridized carbons (Fsp3) is 0.357. The zero-order chi connectivity index (χ0) is 15.1. The molecule has 0 saturated carbocycles. The lowest BCUT2D eigenvalue weighted by Crippen LogP contribution is -2.20. The van der Waals surface area contributed by atoms with E-state index in [0.717, 1.165) is 10.0 Å². The van der Waals surface area contributed by atoms with Crippen molar-refractivity contribution in [3.8, 4) is 0 Å². The van der Waals surface area contributed by atoms with Crippen molar-refractivity contribution in [3.63, 3.8) is 0 Å². The van der Waals surface area contributed by atoms with Crippen LogP contribution in [0.1, 0.15) is 36.2 Å². The van der Waals surface area contributed by atoms with Crippen LogP contribution >= 0.6 is 15.9 Å². The van der Waals surface area contributed by atoms with E-state index in [1.54, 1.807) is 26.0 Å². The smallest absolute Gasteiger partial charge is 0.311 e. The SMILES string of the molecule is CCOC(=O)CC(C)=NNC(=O)c1ccc(C)c(Br)c1. The van der Waals surface area contributed by atoms with Crippen LogP contribution in [-0.4, -0.2) is 24.2 Å². The van der Waals surface area contributed by atoms with Gasteiger partial charge in [0.05, 0.1) is 13.0 Å². The lowest BCUT2D eigenvalue weighted by molar-refractivity contribution is -0.141. The molecule has 0 unspecified atom stereocenters. The lowest BCUT2D eigenvalue weighted by atomic mass is 10.1. The van der Waals surface area contributed by atoms with Crippen LogP contribution in [0.5, 0.6) is 0 Å². The van der Waals surface area contributed by atoms with Crippen molar-refractivity contribution in [1.29, 1.82) is 0 Å². The molecule has 0 aliphatic heterocycles. The molecule has 0 radical (unpaired) electrons. The van der Waals surface area contributed by atoms with Gasteiger partial charge in [0.2, 0.25) is 0 Å². The number of aryl methyl sites for hydroxylation is 1. The Hall–Kier alpha value is -1.69. The Balaban J connectivity index is 2.61. The van der Waals surface area contributed by atoms with Gasteiger partial charge in [0, 0.05) is 15.7 Å². The summed E-state index contributed by atoms with van der Waals surface area (Å²) in [6.07, 6.45) is 0.0612. The van der Waals surface area contributed by atoms with E-state index in [4.69, 9.17) is 4.74 Å². The van der Waals surface area contributed by atoms with Gasteiger partial charge in [-0.1, -0.05) is 22.0 Å². The normalized spacial score (nSPS) is 11.1. The Morgan fingerprint density at radius 2 is 2.10 bits per heavy atom. The first-order valence-electron chi connectivity index (χ1n) is 6.19. The molecule has 108 valence electrons. The highest BCUT2D eigenvalue weighted by molar-refractivity contribution is 9.10. The van der Waals surface area contributed by atoms with Gasteiger partial charge in [-0.15, -0.1) is 0 Å². The fourth-order valence-corrected chi connectivity index (χ4v) is 1.78. The standard InChI is InChI=1S/C14H17BrN2O3/c1-4-20-13(18)7-10(3)16-17-14(19)11-6-5-9(2)12(15)8-11/h5-6,8H,4,7H2,1-3H3,(H,17,19). The summed E-state index contributed by atoms with van der Waals surface area (Å²) in [7, 11) is 0. The second-order valence-electron chi connectivity index (χ2n) is 4.23. The molecule has 6 heteroatoms. The molecule has 1 aromatic carbocycles.